The highest BCUT2D eigenvalue weighted by atomic mass is 32.1. The predicted molar refractivity (Wildman–Crippen MR) is 92.2 cm³/mol. The van der Waals surface area contributed by atoms with Gasteiger partial charge >= 0.3 is 0 Å². The normalized spacial score (nSPS) is 18.2. The average Bonchev–Trinajstić information content (AvgIpc) is 3.16. The van der Waals surface area contributed by atoms with E-state index in [1.54, 1.807) is 11.3 Å². The summed E-state index contributed by atoms with van der Waals surface area (Å²) in [4.78, 5) is 20.1. The molecule has 0 aromatic carbocycles. The number of likely N-dealkylation sites (tertiary alicyclic amines) is 1. The van der Waals surface area contributed by atoms with Crippen molar-refractivity contribution in [2.45, 2.75) is 53.0 Å². The number of aromatic nitrogens is 3. The Morgan fingerprint density at radius 3 is 2.65 bits per heavy atom. The lowest BCUT2D eigenvalue weighted by Crippen LogP contribution is -2.29. The SMILES string of the molecule is Cc1cc(C)n(C2CCN(C(=O)c3sc(C(C)C)nc3C)C2)n1. The largest absolute Gasteiger partial charge is 0.336 e. The first-order valence-corrected chi connectivity index (χ1v) is 8.97. The highest BCUT2D eigenvalue weighted by Gasteiger charge is 2.31. The Morgan fingerprint density at radius 2 is 2.09 bits per heavy atom. The zero-order valence-corrected chi connectivity index (χ0v) is 15.3. The van der Waals surface area contributed by atoms with Crippen molar-refractivity contribution in [3.05, 3.63) is 33.0 Å². The molecule has 0 bridgehead atoms. The summed E-state index contributed by atoms with van der Waals surface area (Å²) >= 11 is 1.54. The molecule has 0 N–H and O–H groups in total. The van der Waals surface area contributed by atoms with Crippen LogP contribution in [0, 0.1) is 20.8 Å². The molecule has 3 rings (SSSR count). The second-order valence-corrected chi connectivity index (χ2v) is 7.72. The van der Waals surface area contributed by atoms with E-state index in [4.69, 9.17) is 0 Å². The van der Waals surface area contributed by atoms with Gasteiger partial charge in [0.1, 0.15) is 4.88 Å². The van der Waals surface area contributed by atoms with Crippen molar-refractivity contribution in [3.8, 4) is 0 Å². The van der Waals surface area contributed by atoms with Gasteiger partial charge in [-0.25, -0.2) is 4.98 Å². The first kappa shape index (κ1) is 16.2. The molecule has 1 aliphatic heterocycles. The van der Waals surface area contributed by atoms with Crippen LogP contribution in [0.5, 0.6) is 0 Å². The summed E-state index contributed by atoms with van der Waals surface area (Å²) in [6.45, 7) is 11.8. The van der Waals surface area contributed by atoms with Gasteiger partial charge in [-0.05, 0) is 33.3 Å². The minimum Gasteiger partial charge on any atom is -0.336 e. The molecule has 0 spiro atoms. The maximum absolute atomic E-state index is 12.8. The molecule has 0 radical (unpaired) electrons. The number of carbonyl (C=O) groups is 1. The molecule has 1 unspecified atom stereocenters. The lowest BCUT2D eigenvalue weighted by Gasteiger charge is -2.17. The first-order valence-electron chi connectivity index (χ1n) is 8.16. The first-order chi connectivity index (χ1) is 10.9. The molecule has 6 heteroatoms. The minimum atomic E-state index is 0.121. The summed E-state index contributed by atoms with van der Waals surface area (Å²) < 4.78 is 2.07. The van der Waals surface area contributed by atoms with Crippen molar-refractivity contribution in [1.82, 2.24) is 19.7 Å². The topological polar surface area (TPSA) is 51.0 Å². The standard InChI is InChI=1S/C17H24N4OS/c1-10(2)16-18-13(5)15(23-16)17(22)20-7-6-14(9-20)21-12(4)8-11(3)19-21/h8,10,14H,6-7,9H2,1-5H3. The second kappa shape index (κ2) is 6.07. The van der Waals surface area contributed by atoms with Gasteiger partial charge in [0.05, 0.1) is 22.4 Å². The minimum absolute atomic E-state index is 0.121. The Kier molecular flexibility index (Phi) is 4.27. The summed E-state index contributed by atoms with van der Waals surface area (Å²) in [5, 5.41) is 5.61. The summed E-state index contributed by atoms with van der Waals surface area (Å²) in [7, 11) is 0. The third-order valence-corrected chi connectivity index (χ3v) is 5.79. The molecule has 2 aromatic rings. The van der Waals surface area contributed by atoms with E-state index in [2.05, 4.69) is 41.6 Å². The van der Waals surface area contributed by atoms with Gasteiger partial charge in [0.25, 0.3) is 5.91 Å². The molecular formula is C17H24N4OS. The zero-order valence-electron chi connectivity index (χ0n) is 14.5. The van der Waals surface area contributed by atoms with Crippen LogP contribution in [0.4, 0.5) is 0 Å². The predicted octanol–water partition coefficient (Wildman–Crippen LogP) is 3.48. The number of hydrogen-bond acceptors (Lipinski definition) is 4. The van der Waals surface area contributed by atoms with E-state index in [0.717, 1.165) is 46.5 Å². The highest BCUT2D eigenvalue weighted by Crippen LogP contribution is 2.29. The van der Waals surface area contributed by atoms with Crippen molar-refractivity contribution in [2.75, 3.05) is 13.1 Å². The van der Waals surface area contributed by atoms with Crippen molar-refractivity contribution in [2.24, 2.45) is 0 Å². The second-order valence-electron chi connectivity index (χ2n) is 6.69. The number of rotatable bonds is 3. The quantitative estimate of drug-likeness (QED) is 0.865. The molecule has 23 heavy (non-hydrogen) atoms. The molecule has 2 aromatic heterocycles. The molecule has 5 nitrogen and oxygen atoms in total. The molecular weight excluding hydrogens is 308 g/mol. The van der Waals surface area contributed by atoms with Crippen LogP contribution in [-0.4, -0.2) is 38.7 Å². The lowest BCUT2D eigenvalue weighted by molar-refractivity contribution is 0.0790. The summed E-state index contributed by atoms with van der Waals surface area (Å²) in [6, 6.07) is 2.37. The van der Waals surface area contributed by atoms with E-state index >= 15 is 0 Å². The third-order valence-electron chi connectivity index (χ3n) is 4.34. The number of nitrogens with zero attached hydrogens (tertiary/aromatic N) is 4. The molecule has 1 saturated heterocycles. The van der Waals surface area contributed by atoms with Gasteiger partial charge in [-0.15, -0.1) is 11.3 Å². The van der Waals surface area contributed by atoms with Crippen LogP contribution in [0.15, 0.2) is 6.07 Å². The maximum atomic E-state index is 12.8. The van der Waals surface area contributed by atoms with E-state index in [1.165, 1.54) is 0 Å². The molecule has 0 saturated carbocycles. The van der Waals surface area contributed by atoms with Crippen LogP contribution in [0.3, 0.4) is 0 Å². The molecule has 0 aliphatic carbocycles. The van der Waals surface area contributed by atoms with Gasteiger partial charge in [0, 0.05) is 24.7 Å². The molecule has 1 atom stereocenters. The Balaban J connectivity index is 1.76. The summed E-state index contributed by atoms with van der Waals surface area (Å²) in [5.74, 6) is 0.484. The van der Waals surface area contributed by atoms with Crippen molar-refractivity contribution >= 4 is 17.2 Å². The molecule has 1 amide bonds. The van der Waals surface area contributed by atoms with E-state index in [0.29, 0.717) is 5.92 Å². The van der Waals surface area contributed by atoms with E-state index in [9.17, 15) is 4.79 Å². The van der Waals surface area contributed by atoms with Crippen LogP contribution in [0.1, 0.15) is 64.0 Å². The Labute approximate surface area is 141 Å². The Bertz CT molecular complexity index is 731. The molecule has 1 aliphatic rings. The number of aryl methyl sites for hydroxylation is 3. The number of carbonyl (C=O) groups excluding carboxylic acids is 1. The Morgan fingerprint density at radius 1 is 1.35 bits per heavy atom. The average molecular weight is 332 g/mol. The van der Waals surface area contributed by atoms with Gasteiger partial charge in [0.2, 0.25) is 0 Å². The smallest absolute Gasteiger partial charge is 0.265 e. The fourth-order valence-corrected chi connectivity index (χ4v) is 4.19. The van der Waals surface area contributed by atoms with Crippen molar-refractivity contribution < 1.29 is 4.79 Å². The highest BCUT2D eigenvalue weighted by molar-refractivity contribution is 7.13. The van der Waals surface area contributed by atoms with Gasteiger partial charge in [-0.1, -0.05) is 13.8 Å². The number of thiazole rings is 1. The fourth-order valence-electron chi connectivity index (χ4n) is 3.15. The van der Waals surface area contributed by atoms with Crippen LogP contribution in [0.25, 0.3) is 0 Å². The molecule has 124 valence electrons. The molecule has 1 fully saturated rings. The van der Waals surface area contributed by atoms with E-state index in [1.807, 2.05) is 18.7 Å². The Hall–Kier alpha value is -1.69. The summed E-state index contributed by atoms with van der Waals surface area (Å²) in [6.07, 6.45) is 0.961. The van der Waals surface area contributed by atoms with Gasteiger partial charge < -0.3 is 4.90 Å². The third kappa shape index (κ3) is 3.04. The summed E-state index contributed by atoms with van der Waals surface area (Å²) in [5.41, 5.74) is 3.06. The van der Waals surface area contributed by atoms with Crippen LogP contribution >= 0.6 is 11.3 Å². The zero-order chi connectivity index (χ0) is 16.7. The number of hydrogen-bond donors (Lipinski definition) is 0. The van der Waals surface area contributed by atoms with Crippen molar-refractivity contribution in [3.63, 3.8) is 0 Å². The van der Waals surface area contributed by atoms with Gasteiger partial charge in [0.15, 0.2) is 0 Å². The molecule has 3 heterocycles. The van der Waals surface area contributed by atoms with Gasteiger partial charge in [-0.3, -0.25) is 9.48 Å². The monoisotopic (exact) mass is 332 g/mol. The van der Waals surface area contributed by atoms with Crippen molar-refractivity contribution in [1.29, 1.82) is 0 Å². The maximum Gasteiger partial charge on any atom is 0.265 e. The van der Waals surface area contributed by atoms with E-state index < -0.39 is 0 Å². The van der Waals surface area contributed by atoms with Crippen LogP contribution in [0.2, 0.25) is 0 Å². The van der Waals surface area contributed by atoms with Gasteiger partial charge in [-0.2, -0.15) is 5.10 Å². The van der Waals surface area contributed by atoms with Crippen LogP contribution < -0.4 is 0 Å². The number of amides is 1. The fraction of sp³-hybridized carbons (Fsp3) is 0.588. The lowest BCUT2D eigenvalue weighted by atomic mass is 10.2. The van der Waals surface area contributed by atoms with Crippen LogP contribution in [-0.2, 0) is 0 Å². The van der Waals surface area contributed by atoms with E-state index in [-0.39, 0.29) is 11.9 Å².